The standard InChI is InChI=1S/C6H9BNO3/c9-5-3-1-7-11-2-4(3)6(10)8-5/h3-5,9H,1-2H2,(H,8,10)/p+1. The average Bonchev–Trinajstić information content (AvgIpc) is 2.30. The highest BCUT2D eigenvalue weighted by Gasteiger charge is 2.47. The molecule has 2 heterocycles. The van der Waals surface area contributed by atoms with Crippen molar-refractivity contribution in [1.82, 2.24) is 0 Å². The monoisotopic (exact) mass is 155 g/mol. The van der Waals surface area contributed by atoms with Gasteiger partial charge in [0.15, 0.2) is 6.23 Å². The molecule has 2 rings (SSSR count). The van der Waals surface area contributed by atoms with Crippen molar-refractivity contribution < 1.29 is 19.9 Å². The largest absolute Gasteiger partial charge is 0.439 e. The van der Waals surface area contributed by atoms with Crippen LogP contribution >= 0.6 is 0 Å². The molecule has 11 heavy (non-hydrogen) atoms. The molecule has 3 N–H and O–H groups in total. The first-order chi connectivity index (χ1) is 5.29. The number of rotatable bonds is 0. The van der Waals surface area contributed by atoms with Gasteiger partial charge >= 0.3 is 5.91 Å². The minimum Gasteiger partial charge on any atom is -0.439 e. The fourth-order valence-corrected chi connectivity index (χ4v) is 1.72. The van der Waals surface area contributed by atoms with Crippen LogP contribution in [-0.2, 0) is 9.45 Å². The second kappa shape index (κ2) is 2.58. The van der Waals surface area contributed by atoms with E-state index in [1.807, 2.05) is 0 Å². The summed E-state index contributed by atoms with van der Waals surface area (Å²) in [6.45, 7) is 0.442. The average molecular weight is 155 g/mol. The van der Waals surface area contributed by atoms with Gasteiger partial charge in [-0.05, 0) is 6.32 Å². The lowest BCUT2D eigenvalue weighted by Crippen LogP contribution is -2.90. The van der Waals surface area contributed by atoms with E-state index in [2.05, 4.69) is 0 Å². The normalized spacial score (nSPS) is 43.4. The molecule has 0 aromatic carbocycles. The van der Waals surface area contributed by atoms with E-state index in [-0.39, 0.29) is 17.7 Å². The van der Waals surface area contributed by atoms with E-state index >= 15 is 0 Å². The number of aliphatic hydroxyl groups is 1. The molecule has 4 nitrogen and oxygen atoms in total. The Morgan fingerprint density at radius 2 is 2.55 bits per heavy atom. The predicted molar refractivity (Wildman–Crippen MR) is 36.4 cm³/mol. The molecule has 0 saturated carbocycles. The van der Waals surface area contributed by atoms with Gasteiger partial charge < -0.3 is 9.76 Å². The molecule has 3 unspecified atom stereocenters. The minimum absolute atomic E-state index is 0.0376. The molecule has 1 amide bonds. The van der Waals surface area contributed by atoms with Crippen molar-refractivity contribution >= 4 is 13.4 Å². The number of hydrogen-bond acceptors (Lipinski definition) is 3. The maximum atomic E-state index is 11.1. The first kappa shape index (κ1) is 7.27. The van der Waals surface area contributed by atoms with E-state index in [4.69, 9.17) is 4.65 Å². The molecule has 3 atom stereocenters. The van der Waals surface area contributed by atoms with Crippen LogP contribution in [-0.4, -0.2) is 31.3 Å². The van der Waals surface area contributed by atoms with Crippen molar-refractivity contribution in [2.24, 2.45) is 11.8 Å². The summed E-state index contributed by atoms with van der Waals surface area (Å²) in [5.41, 5.74) is 0. The number of nitrogens with two attached hydrogens (primary N) is 1. The van der Waals surface area contributed by atoms with Crippen molar-refractivity contribution in [2.75, 3.05) is 6.61 Å². The molecule has 2 saturated heterocycles. The van der Waals surface area contributed by atoms with E-state index < -0.39 is 6.23 Å². The van der Waals surface area contributed by atoms with Crippen LogP contribution in [0.25, 0.3) is 0 Å². The number of hydrogen-bond donors (Lipinski definition) is 2. The zero-order valence-electron chi connectivity index (χ0n) is 6.06. The van der Waals surface area contributed by atoms with Crippen LogP contribution in [0.3, 0.4) is 0 Å². The Labute approximate surface area is 65.2 Å². The van der Waals surface area contributed by atoms with Crippen LogP contribution in [0, 0.1) is 11.8 Å². The molecule has 2 aliphatic rings. The van der Waals surface area contributed by atoms with Crippen LogP contribution in [0.5, 0.6) is 0 Å². The van der Waals surface area contributed by atoms with Gasteiger partial charge in [0.1, 0.15) is 5.92 Å². The lowest BCUT2D eigenvalue weighted by atomic mass is 9.76. The molecule has 0 aromatic heterocycles. The Morgan fingerprint density at radius 1 is 1.73 bits per heavy atom. The van der Waals surface area contributed by atoms with E-state index in [0.717, 1.165) is 0 Å². The topological polar surface area (TPSA) is 63.1 Å². The summed E-state index contributed by atoms with van der Waals surface area (Å²) in [4.78, 5) is 11.1. The highest BCUT2D eigenvalue weighted by atomic mass is 16.4. The summed E-state index contributed by atoms with van der Waals surface area (Å²) in [6.07, 6.45) is 0.140. The highest BCUT2D eigenvalue weighted by molar-refractivity contribution is 6.27. The Kier molecular flexibility index (Phi) is 1.71. The Hall–Kier alpha value is -0.385. The molecule has 0 aromatic rings. The van der Waals surface area contributed by atoms with Gasteiger partial charge in [0.2, 0.25) is 0 Å². The van der Waals surface area contributed by atoms with Crippen molar-refractivity contribution in [1.29, 1.82) is 0 Å². The van der Waals surface area contributed by atoms with E-state index in [1.54, 1.807) is 7.48 Å². The lowest BCUT2D eigenvalue weighted by molar-refractivity contribution is -0.637. The van der Waals surface area contributed by atoms with Crippen LogP contribution in [0.2, 0.25) is 6.32 Å². The molecule has 2 aliphatic heterocycles. The van der Waals surface area contributed by atoms with Gasteiger partial charge in [-0.1, -0.05) is 0 Å². The molecule has 0 aliphatic carbocycles. The van der Waals surface area contributed by atoms with Gasteiger partial charge in [0, 0.05) is 6.61 Å². The number of carbonyl (C=O) groups excluding carboxylic acids is 1. The summed E-state index contributed by atoms with van der Waals surface area (Å²) in [5, 5.41) is 10.7. The number of quaternary nitrogens is 1. The minimum atomic E-state index is -0.548. The van der Waals surface area contributed by atoms with Crippen molar-refractivity contribution in [2.45, 2.75) is 12.5 Å². The maximum Gasteiger partial charge on any atom is 0.318 e. The third-order valence-electron chi connectivity index (χ3n) is 2.42. The summed E-state index contributed by atoms with van der Waals surface area (Å²) < 4.78 is 5.03. The van der Waals surface area contributed by atoms with Crippen LogP contribution in [0.1, 0.15) is 0 Å². The predicted octanol–water partition coefficient (Wildman–Crippen LogP) is -2.29. The zero-order chi connectivity index (χ0) is 7.84. The summed E-state index contributed by atoms with van der Waals surface area (Å²) in [5.74, 6) is 0.0295. The van der Waals surface area contributed by atoms with Crippen LogP contribution in [0.4, 0.5) is 0 Å². The molecule has 0 bridgehead atoms. The summed E-state index contributed by atoms with van der Waals surface area (Å²) in [6, 6.07) is 0. The van der Waals surface area contributed by atoms with Gasteiger partial charge in [-0.3, -0.25) is 5.32 Å². The van der Waals surface area contributed by atoms with Crippen molar-refractivity contribution in [3.05, 3.63) is 0 Å². The number of fused-ring (bicyclic) bond motifs is 1. The Balaban J connectivity index is 2.13. The summed E-state index contributed by atoms with van der Waals surface area (Å²) in [7, 11) is 1.68. The highest BCUT2D eigenvalue weighted by Crippen LogP contribution is 2.25. The van der Waals surface area contributed by atoms with E-state index in [9.17, 15) is 9.90 Å². The number of aliphatic hydroxyl groups excluding tert-OH is 1. The second-order valence-corrected chi connectivity index (χ2v) is 3.07. The third-order valence-corrected chi connectivity index (χ3v) is 2.42. The second-order valence-electron chi connectivity index (χ2n) is 3.07. The lowest BCUT2D eigenvalue weighted by Gasteiger charge is -2.20. The number of primary amides is 1. The van der Waals surface area contributed by atoms with Crippen LogP contribution in [0.15, 0.2) is 0 Å². The number of amides is 1. The Bertz CT molecular complexity index is 187. The maximum absolute atomic E-state index is 11.1. The van der Waals surface area contributed by atoms with Crippen LogP contribution < -0.4 is 5.32 Å². The number of carbonyl (C=O) groups is 1. The van der Waals surface area contributed by atoms with Gasteiger partial charge in [-0.25, -0.2) is 4.79 Å². The Morgan fingerprint density at radius 3 is 3.27 bits per heavy atom. The molecule has 1 radical (unpaired) electrons. The molecular formula is C6H10BNO3+. The molecule has 5 heteroatoms. The van der Waals surface area contributed by atoms with E-state index in [0.29, 0.717) is 12.9 Å². The zero-order valence-corrected chi connectivity index (χ0v) is 6.06. The van der Waals surface area contributed by atoms with Gasteiger partial charge in [-0.2, -0.15) is 0 Å². The van der Waals surface area contributed by atoms with Crippen molar-refractivity contribution in [3.8, 4) is 0 Å². The van der Waals surface area contributed by atoms with Crippen molar-refractivity contribution in [3.63, 3.8) is 0 Å². The smallest absolute Gasteiger partial charge is 0.318 e. The van der Waals surface area contributed by atoms with Gasteiger partial charge in [-0.15, -0.1) is 0 Å². The summed E-state index contributed by atoms with van der Waals surface area (Å²) >= 11 is 0. The molecule has 2 fully saturated rings. The quantitative estimate of drug-likeness (QED) is 0.387. The first-order valence-corrected chi connectivity index (χ1v) is 3.79. The molecule has 0 spiro atoms. The fourth-order valence-electron chi connectivity index (χ4n) is 1.72. The van der Waals surface area contributed by atoms with Gasteiger partial charge in [0.05, 0.1) is 5.92 Å². The molecule has 59 valence electrons. The van der Waals surface area contributed by atoms with E-state index in [1.165, 1.54) is 5.32 Å². The third kappa shape index (κ3) is 1.09. The first-order valence-electron chi connectivity index (χ1n) is 3.79. The fraction of sp³-hybridized carbons (Fsp3) is 0.833. The molecular weight excluding hydrogens is 145 g/mol. The van der Waals surface area contributed by atoms with Gasteiger partial charge in [0.25, 0.3) is 7.48 Å². The SMILES string of the molecule is O=C1[NH2+]C(O)C2C[B]OCC12.